The fourth-order valence-electron chi connectivity index (χ4n) is 3.08. The normalized spacial score (nSPS) is 22.0. The fourth-order valence-corrected chi connectivity index (χ4v) is 3.08. The molecule has 1 aliphatic carbocycles. The summed E-state index contributed by atoms with van der Waals surface area (Å²) in [5.74, 6) is 0.391. The van der Waals surface area contributed by atoms with Crippen LogP contribution in [0.3, 0.4) is 0 Å². The Kier molecular flexibility index (Phi) is 5.59. The number of hydrogen-bond acceptors (Lipinski definition) is 2. The lowest BCUT2D eigenvalue weighted by atomic mass is 9.79. The number of nitrogen functional groups attached to an aromatic ring is 1. The maximum absolute atomic E-state index is 13.2. The lowest BCUT2D eigenvalue weighted by molar-refractivity contribution is -0.121. The molecule has 3 N–H and O–H groups in total. The number of nitrogens with two attached hydrogens (primary N) is 1. The highest BCUT2D eigenvalue weighted by Crippen LogP contribution is 2.33. The Morgan fingerprint density at radius 2 is 2.05 bits per heavy atom. The molecule has 0 atom stereocenters. The second-order valence-electron chi connectivity index (χ2n) is 6.08. The van der Waals surface area contributed by atoms with E-state index in [-0.39, 0.29) is 17.6 Å². The molecule has 1 amide bonds. The predicted octanol–water partition coefficient (Wildman–Crippen LogP) is 4.34. The lowest BCUT2D eigenvalue weighted by Crippen LogP contribution is -2.27. The maximum Gasteiger partial charge on any atom is 0.227 e. The summed E-state index contributed by atoms with van der Waals surface area (Å²) in [7, 11) is 0. The van der Waals surface area contributed by atoms with Crippen LogP contribution >= 0.6 is 0 Å². The zero-order valence-electron chi connectivity index (χ0n) is 12.7. The molecule has 0 heterocycles. The first-order valence-corrected chi connectivity index (χ1v) is 7.96. The van der Waals surface area contributed by atoms with Crippen LogP contribution in [0.4, 0.5) is 15.8 Å². The second-order valence-corrected chi connectivity index (χ2v) is 6.08. The van der Waals surface area contributed by atoms with Crippen LogP contribution in [0.25, 0.3) is 0 Å². The summed E-state index contributed by atoms with van der Waals surface area (Å²) in [6, 6.07) is 4.05. The third-order valence-corrected chi connectivity index (χ3v) is 4.46. The van der Waals surface area contributed by atoms with Crippen molar-refractivity contribution in [2.45, 2.75) is 51.9 Å². The van der Waals surface area contributed by atoms with Gasteiger partial charge in [0.05, 0.1) is 11.4 Å². The Hall–Kier alpha value is -1.58. The summed E-state index contributed by atoms with van der Waals surface area (Å²) < 4.78 is 13.2. The third kappa shape index (κ3) is 4.45. The van der Waals surface area contributed by atoms with Crippen LogP contribution in [0.5, 0.6) is 0 Å². The number of rotatable bonds is 5. The van der Waals surface area contributed by atoms with Gasteiger partial charge in [-0.3, -0.25) is 4.79 Å². The van der Waals surface area contributed by atoms with Crippen LogP contribution in [0.15, 0.2) is 18.2 Å². The molecule has 0 saturated heterocycles. The number of carbonyl (C=O) groups is 1. The number of amides is 1. The average molecular weight is 292 g/mol. The summed E-state index contributed by atoms with van der Waals surface area (Å²) in [5, 5.41) is 2.77. The second kappa shape index (κ2) is 7.43. The number of benzene rings is 1. The van der Waals surface area contributed by atoms with Gasteiger partial charge in [0.15, 0.2) is 0 Å². The van der Waals surface area contributed by atoms with Crippen LogP contribution in [0, 0.1) is 17.7 Å². The first-order valence-electron chi connectivity index (χ1n) is 7.96. The van der Waals surface area contributed by atoms with Gasteiger partial charge in [-0.15, -0.1) is 0 Å². The highest BCUT2D eigenvalue weighted by molar-refractivity contribution is 5.95. The molecule has 116 valence electrons. The molecule has 0 radical (unpaired) electrons. The van der Waals surface area contributed by atoms with E-state index in [9.17, 15) is 9.18 Å². The van der Waals surface area contributed by atoms with Gasteiger partial charge in [-0.25, -0.2) is 4.39 Å². The summed E-state index contributed by atoms with van der Waals surface area (Å²) >= 11 is 0. The van der Waals surface area contributed by atoms with Crippen LogP contribution in [-0.2, 0) is 4.79 Å². The minimum absolute atomic E-state index is 0.0266. The van der Waals surface area contributed by atoms with Crippen molar-refractivity contribution < 1.29 is 9.18 Å². The summed E-state index contributed by atoms with van der Waals surface area (Å²) in [4.78, 5) is 12.3. The summed E-state index contributed by atoms with van der Waals surface area (Å²) in [5.41, 5.74) is 6.55. The Bertz CT molecular complexity index is 482. The molecule has 1 aromatic rings. The van der Waals surface area contributed by atoms with Crippen molar-refractivity contribution in [1.82, 2.24) is 0 Å². The molecular weight excluding hydrogens is 267 g/mol. The van der Waals surface area contributed by atoms with E-state index >= 15 is 0 Å². The van der Waals surface area contributed by atoms with E-state index in [2.05, 4.69) is 12.2 Å². The predicted molar refractivity (Wildman–Crippen MR) is 84.4 cm³/mol. The van der Waals surface area contributed by atoms with Crippen molar-refractivity contribution in [2.24, 2.45) is 11.8 Å². The highest BCUT2D eigenvalue weighted by atomic mass is 19.1. The summed E-state index contributed by atoms with van der Waals surface area (Å²) in [6.45, 7) is 2.21. The van der Waals surface area contributed by atoms with Crippen molar-refractivity contribution in [3.05, 3.63) is 24.0 Å². The number of anilines is 2. The molecule has 1 aliphatic rings. The van der Waals surface area contributed by atoms with Gasteiger partial charge >= 0.3 is 0 Å². The van der Waals surface area contributed by atoms with E-state index in [1.54, 1.807) is 0 Å². The van der Waals surface area contributed by atoms with Gasteiger partial charge in [0.25, 0.3) is 0 Å². The number of halogens is 1. The van der Waals surface area contributed by atoms with Crippen LogP contribution in [-0.4, -0.2) is 5.91 Å². The Morgan fingerprint density at radius 3 is 2.71 bits per heavy atom. The zero-order chi connectivity index (χ0) is 15.2. The molecule has 3 nitrogen and oxygen atoms in total. The molecule has 4 heteroatoms. The lowest BCUT2D eigenvalue weighted by Gasteiger charge is -2.27. The van der Waals surface area contributed by atoms with Gasteiger partial charge in [-0.1, -0.05) is 26.2 Å². The molecule has 0 aromatic heterocycles. The molecule has 2 rings (SSSR count). The highest BCUT2D eigenvalue weighted by Gasteiger charge is 2.26. The average Bonchev–Trinajstić information content (AvgIpc) is 2.49. The van der Waals surface area contributed by atoms with Gasteiger partial charge in [0, 0.05) is 5.92 Å². The van der Waals surface area contributed by atoms with Crippen molar-refractivity contribution in [2.75, 3.05) is 11.1 Å². The topological polar surface area (TPSA) is 55.1 Å². The molecule has 0 bridgehead atoms. The first-order chi connectivity index (χ1) is 10.1. The number of unbranched alkanes of at least 4 members (excludes halogenated alkanes) is 1. The zero-order valence-corrected chi connectivity index (χ0v) is 12.7. The molecule has 1 aromatic carbocycles. The van der Waals surface area contributed by atoms with E-state index in [4.69, 9.17) is 5.73 Å². The van der Waals surface area contributed by atoms with E-state index in [1.165, 1.54) is 37.5 Å². The first kappa shape index (κ1) is 15.8. The Balaban J connectivity index is 1.86. The number of hydrogen-bond donors (Lipinski definition) is 2. The standard InChI is InChI=1S/C17H25FN2O/c1-2-3-4-12-5-7-13(8-6-12)17(21)20-16-11-14(18)9-10-15(16)19/h9-13H,2-8,19H2,1H3,(H,20,21). The molecular formula is C17H25FN2O. The van der Waals surface area contributed by atoms with E-state index in [1.807, 2.05) is 0 Å². The smallest absolute Gasteiger partial charge is 0.227 e. The molecule has 21 heavy (non-hydrogen) atoms. The SMILES string of the molecule is CCCCC1CCC(C(=O)Nc2cc(F)ccc2N)CC1. The van der Waals surface area contributed by atoms with Gasteiger partial charge < -0.3 is 11.1 Å². The van der Waals surface area contributed by atoms with Crippen molar-refractivity contribution >= 4 is 17.3 Å². The van der Waals surface area contributed by atoms with Gasteiger partial charge in [0.2, 0.25) is 5.91 Å². The van der Waals surface area contributed by atoms with Crippen molar-refractivity contribution in [3.63, 3.8) is 0 Å². The largest absolute Gasteiger partial charge is 0.397 e. The van der Waals surface area contributed by atoms with Crippen LogP contribution < -0.4 is 11.1 Å². The van der Waals surface area contributed by atoms with E-state index in [0.29, 0.717) is 11.4 Å². The maximum atomic E-state index is 13.2. The molecule has 1 fully saturated rings. The number of nitrogens with one attached hydrogen (secondary N) is 1. The molecule has 0 spiro atoms. The van der Waals surface area contributed by atoms with E-state index in [0.717, 1.165) is 31.6 Å². The van der Waals surface area contributed by atoms with Crippen molar-refractivity contribution in [3.8, 4) is 0 Å². The minimum Gasteiger partial charge on any atom is -0.397 e. The van der Waals surface area contributed by atoms with Gasteiger partial charge in [-0.2, -0.15) is 0 Å². The third-order valence-electron chi connectivity index (χ3n) is 4.46. The van der Waals surface area contributed by atoms with Crippen LogP contribution in [0.1, 0.15) is 51.9 Å². The molecule has 0 unspecified atom stereocenters. The summed E-state index contributed by atoms with van der Waals surface area (Å²) in [6.07, 6.45) is 7.89. The van der Waals surface area contributed by atoms with Crippen molar-refractivity contribution in [1.29, 1.82) is 0 Å². The van der Waals surface area contributed by atoms with Gasteiger partial charge in [0.1, 0.15) is 5.82 Å². The van der Waals surface area contributed by atoms with E-state index < -0.39 is 0 Å². The number of carbonyl (C=O) groups excluding carboxylic acids is 1. The Morgan fingerprint density at radius 1 is 1.33 bits per heavy atom. The molecule has 0 aliphatic heterocycles. The Labute approximate surface area is 126 Å². The fraction of sp³-hybridized carbons (Fsp3) is 0.588. The van der Waals surface area contributed by atoms with Gasteiger partial charge in [-0.05, 0) is 49.8 Å². The molecule has 1 saturated carbocycles. The monoisotopic (exact) mass is 292 g/mol. The van der Waals surface area contributed by atoms with Crippen LogP contribution in [0.2, 0.25) is 0 Å². The quantitative estimate of drug-likeness (QED) is 0.793. The minimum atomic E-state index is -0.386.